The molecule has 0 amide bonds. The van der Waals surface area contributed by atoms with Crippen LogP contribution < -0.4 is 0 Å². The lowest BCUT2D eigenvalue weighted by atomic mass is 10.4. The fraction of sp³-hybridized carbons (Fsp3) is 0.375. The Bertz CT molecular complexity index is 319. The van der Waals surface area contributed by atoms with Crippen molar-refractivity contribution >= 4 is 39.3 Å². The molecule has 1 fully saturated rings. The van der Waals surface area contributed by atoms with Crippen LogP contribution in [0.5, 0.6) is 0 Å². The molecule has 2 rings (SSSR count). The first kappa shape index (κ1) is 9.77. The van der Waals surface area contributed by atoms with Crippen molar-refractivity contribution in [1.82, 2.24) is 4.98 Å². The molecule has 0 radical (unpaired) electrons. The first-order valence-corrected chi connectivity index (χ1v) is 5.86. The van der Waals surface area contributed by atoms with Gasteiger partial charge in [-0.1, -0.05) is 23.4 Å². The van der Waals surface area contributed by atoms with Gasteiger partial charge in [-0.3, -0.25) is 0 Å². The SMILES string of the molecule is Clc1cc(Br)cnc1SC1COC1. The second kappa shape index (κ2) is 4.17. The minimum absolute atomic E-state index is 0.520. The van der Waals surface area contributed by atoms with Gasteiger partial charge in [0.2, 0.25) is 0 Å². The fourth-order valence-corrected chi connectivity index (χ4v) is 2.62. The zero-order chi connectivity index (χ0) is 9.26. The molecule has 0 bridgehead atoms. The van der Waals surface area contributed by atoms with Gasteiger partial charge >= 0.3 is 0 Å². The maximum absolute atomic E-state index is 6.00. The Labute approximate surface area is 94.1 Å². The van der Waals surface area contributed by atoms with E-state index in [1.165, 1.54) is 0 Å². The molecule has 0 saturated carbocycles. The van der Waals surface area contributed by atoms with Crippen molar-refractivity contribution < 1.29 is 4.74 Å². The van der Waals surface area contributed by atoms with E-state index in [0.29, 0.717) is 10.3 Å². The van der Waals surface area contributed by atoms with Gasteiger partial charge in [-0.2, -0.15) is 0 Å². The molecule has 1 aliphatic rings. The number of rotatable bonds is 2. The number of halogens is 2. The Morgan fingerprint density at radius 2 is 2.38 bits per heavy atom. The molecule has 0 aromatic carbocycles. The fourth-order valence-electron chi connectivity index (χ4n) is 0.929. The summed E-state index contributed by atoms with van der Waals surface area (Å²) in [6, 6.07) is 1.86. The smallest absolute Gasteiger partial charge is 0.115 e. The molecule has 0 unspecified atom stereocenters. The standard InChI is InChI=1S/C8H7BrClNOS/c9-5-1-7(10)8(11-2-5)13-6-3-12-4-6/h1-2,6H,3-4H2. The summed E-state index contributed by atoms with van der Waals surface area (Å²) >= 11 is 11.0. The number of hydrogen-bond donors (Lipinski definition) is 0. The summed E-state index contributed by atoms with van der Waals surface area (Å²) in [5, 5.41) is 2.11. The summed E-state index contributed by atoms with van der Waals surface area (Å²) in [6.07, 6.45) is 1.76. The highest BCUT2D eigenvalue weighted by molar-refractivity contribution is 9.10. The van der Waals surface area contributed by atoms with Crippen LogP contribution in [0, 0.1) is 0 Å². The summed E-state index contributed by atoms with van der Waals surface area (Å²) < 4.78 is 5.98. The molecule has 1 aromatic rings. The van der Waals surface area contributed by atoms with Crippen molar-refractivity contribution in [3.8, 4) is 0 Å². The second-order valence-corrected chi connectivity index (χ2v) is 5.33. The first-order valence-electron chi connectivity index (χ1n) is 3.81. The van der Waals surface area contributed by atoms with Crippen molar-refractivity contribution in [1.29, 1.82) is 0 Å². The zero-order valence-corrected chi connectivity index (χ0v) is 9.82. The minimum Gasteiger partial charge on any atom is -0.379 e. The molecule has 0 atom stereocenters. The van der Waals surface area contributed by atoms with Crippen LogP contribution in [0.3, 0.4) is 0 Å². The van der Waals surface area contributed by atoms with E-state index in [9.17, 15) is 0 Å². The third-order valence-corrected chi connectivity index (χ3v) is 3.65. The Morgan fingerprint density at radius 1 is 1.62 bits per heavy atom. The zero-order valence-electron chi connectivity index (χ0n) is 6.67. The number of hydrogen-bond acceptors (Lipinski definition) is 3. The van der Waals surface area contributed by atoms with Crippen molar-refractivity contribution in [3.05, 3.63) is 21.8 Å². The molecule has 0 spiro atoms. The van der Waals surface area contributed by atoms with E-state index in [2.05, 4.69) is 20.9 Å². The van der Waals surface area contributed by atoms with Gasteiger partial charge in [-0.05, 0) is 22.0 Å². The molecule has 2 nitrogen and oxygen atoms in total. The van der Waals surface area contributed by atoms with Crippen LogP contribution in [0.1, 0.15) is 0 Å². The summed E-state index contributed by atoms with van der Waals surface area (Å²) in [5.74, 6) is 0. The Balaban J connectivity index is 2.10. The van der Waals surface area contributed by atoms with Crippen LogP contribution in [-0.4, -0.2) is 23.4 Å². The third kappa shape index (κ3) is 2.37. The normalized spacial score (nSPS) is 17.1. The molecular formula is C8H7BrClNOS. The van der Waals surface area contributed by atoms with Crippen LogP contribution in [0.15, 0.2) is 21.8 Å². The van der Waals surface area contributed by atoms with Gasteiger partial charge in [0.25, 0.3) is 0 Å². The average Bonchev–Trinajstić information content (AvgIpc) is 1.99. The van der Waals surface area contributed by atoms with Crippen molar-refractivity contribution in [2.45, 2.75) is 10.3 Å². The Morgan fingerprint density at radius 3 is 2.92 bits per heavy atom. The molecule has 0 aliphatic carbocycles. The number of nitrogens with zero attached hydrogens (tertiary/aromatic N) is 1. The van der Waals surface area contributed by atoms with Crippen molar-refractivity contribution in [2.24, 2.45) is 0 Å². The monoisotopic (exact) mass is 279 g/mol. The van der Waals surface area contributed by atoms with Crippen LogP contribution in [-0.2, 0) is 4.74 Å². The third-order valence-electron chi connectivity index (χ3n) is 1.66. The van der Waals surface area contributed by atoms with Gasteiger partial charge in [0.15, 0.2) is 0 Å². The summed E-state index contributed by atoms with van der Waals surface area (Å²) in [7, 11) is 0. The van der Waals surface area contributed by atoms with E-state index in [1.54, 1.807) is 18.0 Å². The van der Waals surface area contributed by atoms with Gasteiger partial charge in [-0.25, -0.2) is 4.98 Å². The lowest BCUT2D eigenvalue weighted by Gasteiger charge is -2.24. The number of pyridine rings is 1. The molecule has 13 heavy (non-hydrogen) atoms. The molecule has 1 aliphatic heterocycles. The number of ether oxygens (including phenoxy) is 1. The van der Waals surface area contributed by atoms with Gasteiger partial charge in [0, 0.05) is 10.7 Å². The van der Waals surface area contributed by atoms with E-state index < -0.39 is 0 Å². The highest BCUT2D eigenvalue weighted by Gasteiger charge is 2.21. The predicted octanol–water partition coefficient (Wildman–Crippen LogP) is 2.99. The van der Waals surface area contributed by atoms with Crippen molar-refractivity contribution in [2.75, 3.05) is 13.2 Å². The summed E-state index contributed by atoms with van der Waals surface area (Å²) in [6.45, 7) is 1.61. The maximum atomic E-state index is 6.00. The highest BCUT2D eigenvalue weighted by Crippen LogP contribution is 2.32. The van der Waals surface area contributed by atoms with E-state index in [0.717, 1.165) is 22.7 Å². The van der Waals surface area contributed by atoms with Crippen LogP contribution in [0.2, 0.25) is 5.02 Å². The summed E-state index contributed by atoms with van der Waals surface area (Å²) in [5.41, 5.74) is 0. The molecule has 5 heteroatoms. The average molecular weight is 281 g/mol. The first-order chi connectivity index (χ1) is 6.25. The van der Waals surface area contributed by atoms with E-state index in [4.69, 9.17) is 16.3 Å². The molecule has 0 N–H and O–H groups in total. The minimum atomic E-state index is 0.520. The molecule has 2 heterocycles. The largest absolute Gasteiger partial charge is 0.379 e. The van der Waals surface area contributed by atoms with Crippen molar-refractivity contribution in [3.63, 3.8) is 0 Å². The lowest BCUT2D eigenvalue weighted by molar-refractivity contribution is 0.0455. The van der Waals surface area contributed by atoms with E-state index in [1.807, 2.05) is 6.07 Å². The molecular weight excluding hydrogens is 274 g/mol. The van der Waals surface area contributed by atoms with Gasteiger partial charge in [0.1, 0.15) is 5.03 Å². The highest BCUT2D eigenvalue weighted by atomic mass is 79.9. The van der Waals surface area contributed by atoms with Crippen LogP contribution in [0.4, 0.5) is 0 Å². The van der Waals surface area contributed by atoms with Gasteiger partial charge in [0.05, 0.1) is 23.5 Å². The molecule has 1 aromatic heterocycles. The van der Waals surface area contributed by atoms with E-state index in [-0.39, 0.29) is 0 Å². The van der Waals surface area contributed by atoms with Gasteiger partial charge in [-0.15, -0.1) is 0 Å². The van der Waals surface area contributed by atoms with E-state index >= 15 is 0 Å². The van der Waals surface area contributed by atoms with Crippen LogP contribution >= 0.6 is 39.3 Å². The topological polar surface area (TPSA) is 22.1 Å². The maximum Gasteiger partial charge on any atom is 0.115 e. The lowest BCUT2D eigenvalue weighted by Crippen LogP contribution is -2.30. The summed E-state index contributed by atoms with van der Waals surface area (Å²) in [4.78, 5) is 4.23. The number of aromatic nitrogens is 1. The van der Waals surface area contributed by atoms with Crippen LogP contribution in [0.25, 0.3) is 0 Å². The molecule has 70 valence electrons. The number of thioether (sulfide) groups is 1. The Kier molecular flexibility index (Phi) is 3.14. The predicted molar refractivity (Wildman–Crippen MR) is 57.4 cm³/mol. The Hall–Kier alpha value is 0.230. The molecule has 1 saturated heterocycles. The second-order valence-electron chi connectivity index (χ2n) is 2.72. The van der Waals surface area contributed by atoms with Gasteiger partial charge < -0.3 is 4.74 Å². The quantitative estimate of drug-likeness (QED) is 0.831.